The summed E-state index contributed by atoms with van der Waals surface area (Å²) >= 11 is 0. The van der Waals surface area contributed by atoms with Gasteiger partial charge in [0.05, 0.1) is 30.4 Å². The minimum absolute atomic E-state index is 0.192. The summed E-state index contributed by atoms with van der Waals surface area (Å²) in [5, 5.41) is 22.3. The van der Waals surface area contributed by atoms with Crippen LogP contribution >= 0.6 is 0 Å². The van der Waals surface area contributed by atoms with Gasteiger partial charge in [0, 0.05) is 44.0 Å². The van der Waals surface area contributed by atoms with Gasteiger partial charge >= 0.3 is 12.1 Å². The molecule has 0 saturated carbocycles. The predicted octanol–water partition coefficient (Wildman–Crippen LogP) is 6.03. The Morgan fingerprint density at radius 2 is 1.80 bits per heavy atom. The number of carbonyl (C=O) groups is 3. The zero-order chi connectivity index (χ0) is 35.7. The molecular formula is C35H47FN6O7. The zero-order valence-electron chi connectivity index (χ0n) is 28.9. The highest BCUT2D eigenvalue weighted by Crippen LogP contribution is 2.29. The van der Waals surface area contributed by atoms with Gasteiger partial charge in [0.1, 0.15) is 22.9 Å². The summed E-state index contributed by atoms with van der Waals surface area (Å²) in [7, 11) is 1.64. The molecule has 2 aromatic carbocycles. The third-order valence-electron chi connectivity index (χ3n) is 8.48. The standard InChI is InChI=1S/C35H47FN6O7/c1-21-18-42(22(2)20-43)33(44)29-17-28(37-34(45)39-32-24(4)40-49-25(32)5)14-15-30(29)48-23(3)9-7-8-16-47-31(21)19-41(6)35(46)38-27-12-10-26(36)11-13-27/h10-15,17,21-23,31,43H,7-9,16,18-20H2,1-6H3,(H,38,46)(H2,37,39,45)/t21-,22-,23-,31+/m0/s1. The number of likely N-dealkylation sites (N-methyl/N-ethyl adjacent to an activating group) is 1. The van der Waals surface area contributed by atoms with Gasteiger partial charge in [-0.15, -0.1) is 0 Å². The second-order valence-corrected chi connectivity index (χ2v) is 12.6. The molecule has 3 aromatic rings. The van der Waals surface area contributed by atoms with Crippen molar-refractivity contribution in [2.75, 3.05) is 49.3 Å². The highest BCUT2D eigenvalue weighted by Gasteiger charge is 2.31. The van der Waals surface area contributed by atoms with Crippen molar-refractivity contribution in [3.05, 3.63) is 65.3 Å². The molecule has 0 radical (unpaired) electrons. The van der Waals surface area contributed by atoms with E-state index < -0.39 is 35.9 Å². The number of aromatic nitrogens is 1. The molecular weight excluding hydrogens is 635 g/mol. The van der Waals surface area contributed by atoms with Crippen LogP contribution in [-0.4, -0.2) is 89.6 Å². The quantitative estimate of drug-likeness (QED) is 0.235. The van der Waals surface area contributed by atoms with Crippen molar-refractivity contribution >= 4 is 35.0 Å². The van der Waals surface area contributed by atoms with Crippen LogP contribution in [0.3, 0.4) is 0 Å². The van der Waals surface area contributed by atoms with Gasteiger partial charge in [0.25, 0.3) is 5.91 Å². The fourth-order valence-electron chi connectivity index (χ4n) is 5.51. The smallest absolute Gasteiger partial charge is 0.323 e. The minimum atomic E-state index is -0.576. The van der Waals surface area contributed by atoms with Crippen LogP contribution in [0.4, 0.5) is 31.0 Å². The van der Waals surface area contributed by atoms with Gasteiger partial charge in [-0.05, 0) is 89.4 Å². The average molecular weight is 683 g/mol. The van der Waals surface area contributed by atoms with E-state index in [2.05, 4.69) is 21.1 Å². The number of aryl methyl sites for hydroxylation is 2. The van der Waals surface area contributed by atoms with E-state index in [-0.39, 0.29) is 37.3 Å². The number of hydrogen-bond acceptors (Lipinski definition) is 8. The van der Waals surface area contributed by atoms with Crippen molar-refractivity contribution in [1.82, 2.24) is 15.0 Å². The van der Waals surface area contributed by atoms with E-state index in [4.69, 9.17) is 14.0 Å². The van der Waals surface area contributed by atoms with Crippen LogP contribution in [0.1, 0.15) is 61.8 Å². The highest BCUT2D eigenvalue weighted by molar-refractivity contribution is 6.03. The maximum Gasteiger partial charge on any atom is 0.323 e. The molecule has 0 bridgehead atoms. The summed E-state index contributed by atoms with van der Waals surface area (Å²) in [4.78, 5) is 43.3. The molecule has 13 nitrogen and oxygen atoms in total. The first kappa shape index (κ1) is 37.1. The Morgan fingerprint density at radius 1 is 1.08 bits per heavy atom. The van der Waals surface area contributed by atoms with Gasteiger partial charge in [-0.25, -0.2) is 14.0 Å². The summed E-state index contributed by atoms with van der Waals surface area (Å²) in [6.45, 7) is 9.56. The lowest BCUT2D eigenvalue weighted by Gasteiger charge is -2.35. The molecule has 1 aromatic heterocycles. The molecule has 0 saturated heterocycles. The molecule has 4 N–H and O–H groups in total. The van der Waals surface area contributed by atoms with Crippen molar-refractivity contribution in [3.63, 3.8) is 0 Å². The maximum atomic E-state index is 14.4. The number of ether oxygens (including phenoxy) is 2. The average Bonchev–Trinajstić information content (AvgIpc) is 3.38. The van der Waals surface area contributed by atoms with E-state index in [1.165, 1.54) is 29.2 Å². The Bertz CT molecular complexity index is 1560. The van der Waals surface area contributed by atoms with Crippen molar-refractivity contribution in [3.8, 4) is 5.75 Å². The number of amides is 5. The van der Waals surface area contributed by atoms with E-state index in [0.717, 1.165) is 12.8 Å². The van der Waals surface area contributed by atoms with E-state index in [1.807, 2.05) is 13.8 Å². The Morgan fingerprint density at radius 3 is 2.47 bits per heavy atom. The Hall–Kier alpha value is -4.69. The van der Waals surface area contributed by atoms with E-state index in [0.29, 0.717) is 47.3 Å². The van der Waals surface area contributed by atoms with Crippen LogP contribution in [0, 0.1) is 25.6 Å². The first-order valence-corrected chi connectivity index (χ1v) is 16.5. The number of anilines is 3. The van der Waals surface area contributed by atoms with Gasteiger partial charge in [0.15, 0.2) is 5.76 Å². The molecule has 49 heavy (non-hydrogen) atoms. The molecule has 5 amide bonds. The van der Waals surface area contributed by atoms with Crippen LogP contribution in [0.5, 0.6) is 5.75 Å². The number of carbonyl (C=O) groups excluding carboxylic acids is 3. The molecule has 4 atom stereocenters. The van der Waals surface area contributed by atoms with Gasteiger partial charge in [0.2, 0.25) is 0 Å². The second kappa shape index (κ2) is 17.1. The Balaban J connectivity index is 1.58. The molecule has 0 spiro atoms. The molecule has 2 heterocycles. The van der Waals surface area contributed by atoms with Gasteiger partial charge in [-0.3, -0.25) is 4.79 Å². The summed E-state index contributed by atoms with van der Waals surface area (Å²) in [6.07, 6.45) is 1.59. The first-order chi connectivity index (χ1) is 23.4. The first-order valence-electron chi connectivity index (χ1n) is 16.5. The van der Waals surface area contributed by atoms with Crippen LogP contribution in [0.2, 0.25) is 0 Å². The van der Waals surface area contributed by atoms with Crippen molar-refractivity contribution in [2.24, 2.45) is 5.92 Å². The number of urea groups is 2. The zero-order valence-corrected chi connectivity index (χ0v) is 28.9. The predicted molar refractivity (Wildman–Crippen MR) is 184 cm³/mol. The normalized spacial score (nSPS) is 19.6. The van der Waals surface area contributed by atoms with Crippen molar-refractivity contribution in [2.45, 2.75) is 72.1 Å². The lowest BCUT2D eigenvalue weighted by molar-refractivity contribution is -0.0115. The molecule has 4 rings (SSSR count). The van der Waals surface area contributed by atoms with Gasteiger partial charge in [-0.2, -0.15) is 0 Å². The minimum Gasteiger partial charge on any atom is -0.490 e. The van der Waals surface area contributed by atoms with Gasteiger partial charge in [-0.1, -0.05) is 12.1 Å². The molecule has 1 aliphatic rings. The van der Waals surface area contributed by atoms with Crippen LogP contribution in [0.15, 0.2) is 47.0 Å². The van der Waals surface area contributed by atoms with Crippen LogP contribution in [-0.2, 0) is 4.74 Å². The molecule has 0 aliphatic carbocycles. The van der Waals surface area contributed by atoms with Crippen LogP contribution < -0.4 is 20.7 Å². The van der Waals surface area contributed by atoms with Crippen LogP contribution in [0.25, 0.3) is 0 Å². The summed E-state index contributed by atoms with van der Waals surface area (Å²) in [5.41, 5.74) is 2.01. The van der Waals surface area contributed by atoms with Crippen molar-refractivity contribution < 1.29 is 37.9 Å². The topological polar surface area (TPSA) is 158 Å². The molecule has 14 heteroatoms. The molecule has 0 unspecified atom stereocenters. The number of fused-ring (bicyclic) bond motifs is 1. The number of halogens is 1. The number of benzene rings is 2. The lowest BCUT2D eigenvalue weighted by atomic mass is 10.0. The highest BCUT2D eigenvalue weighted by atomic mass is 19.1. The lowest BCUT2D eigenvalue weighted by Crippen LogP contribution is -2.48. The molecule has 1 aliphatic heterocycles. The maximum absolute atomic E-state index is 14.4. The summed E-state index contributed by atoms with van der Waals surface area (Å²) in [6, 6.07) is 8.87. The fourth-order valence-corrected chi connectivity index (χ4v) is 5.51. The Kier molecular flexibility index (Phi) is 13.0. The number of aliphatic hydroxyl groups is 1. The largest absolute Gasteiger partial charge is 0.490 e. The van der Waals surface area contributed by atoms with Gasteiger partial charge < -0.3 is 44.9 Å². The van der Waals surface area contributed by atoms with E-state index >= 15 is 0 Å². The third kappa shape index (κ3) is 10.2. The number of nitrogens with one attached hydrogen (secondary N) is 3. The summed E-state index contributed by atoms with van der Waals surface area (Å²) in [5.74, 6) is -0.256. The summed E-state index contributed by atoms with van der Waals surface area (Å²) < 4.78 is 31.1. The number of hydrogen-bond donors (Lipinski definition) is 4. The van der Waals surface area contributed by atoms with Crippen molar-refractivity contribution in [1.29, 1.82) is 0 Å². The van der Waals surface area contributed by atoms with E-state index in [1.54, 1.807) is 50.9 Å². The Labute approximate surface area is 286 Å². The monoisotopic (exact) mass is 682 g/mol. The SMILES string of the molecule is Cc1noc(C)c1NC(=O)Nc1ccc2c(c1)C(=O)N([C@@H](C)CO)C[C@H](C)[C@@H](CN(C)C(=O)Nc1ccc(F)cc1)OCCCC[C@H](C)O2. The second-order valence-electron chi connectivity index (χ2n) is 12.6. The third-order valence-corrected chi connectivity index (χ3v) is 8.48. The number of aliphatic hydroxyl groups excluding tert-OH is 1. The fraction of sp³-hybridized carbons (Fsp3) is 0.486. The number of nitrogens with zero attached hydrogens (tertiary/aromatic N) is 3. The number of rotatable bonds is 7. The molecule has 266 valence electrons. The van der Waals surface area contributed by atoms with E-state index in [9.17, 15) is 23.9 Å². The molecule has 0 fully saturated rings.